The molecule has 0 aliphatic carbocycles. The highest BCUT2D eigenvalue weighted by Gasteiger charge is 2.27. The summed E-state index contributed by atoms with van der Waals surface area (Å²) in [5.74, 6) is -0.829. The summed E-state index contributed by atoms with van der Waals surface area (Å²) in [5, 5.41) is 0. The highest BCUT2D eigenvalue weighted by Crippen LogP contribution is 2.43. The molecule has 0 spiro atoms. The van der Waals surface area contributed by atoms with Crippen LogP contribution in [0.2, 0.25) is 0 Å². The molecule has 0 fully saturated rings. The zero-order valence-electron chi connectivity index (χ0n) is 33.3. The second-order valence-electron chi connectivity index (χ2n) is 14.7. The highest BCUT2D eigenvalue weighted by molar-refractivity contribution is 7.47. The Morgan fingerprint density at radius 3 is 1.61 bits per heavy atom. The molecule has 0 heterocycles. The first-order valence-corrected chi connectivity index (χ1v) is 21.7. The van der Waals surface area contributed by atoms with Crippen LogP contribution in [-0.4, -0.2) is 74.9 Å². The molecule has 0 aromatic carbocycles. The van der Waals surface area contributed by atoms with E-state index in [0.717, 1.165) is 77.0 Å². The Morgan fingerprint density at radius 2 is 1.06 bits per heavy atom. The summed E-state index contributed by atoms with van der Waals surface area (Å²) in [4.78, 5) is 35.2. The van der Waals surface area contributed by atoms with E-state index in [9.17, 15) is 19.0 Å². The van der Waals surface area contributed by atoms with Crippen LogP contribution in [0.3, 0.4) is 0 Å². The number of phosphoric ester groups is 1. The maximum absolute atomic E-state index is 12.6. The average Bonchev–Trinajstić information content (AvgIpc) is 3.07. The van der Waals surface area contributed by atoms with Gasteiger partial charge >= 0.3 is 19.8 Å². The fourth-order valence-corrected chi connectivity index (χ4v) is 5.92. The molecule has 0 aromatic heterocycles. The van der Waals surface area contributed by atoms with Gasteiger partial charge in [0.15, 0.2) is 6.10 Å². The van der Waals surface area contributed by atoms with Gasteiger partial charge in [0.25, 0.3) is 0 Å². The van der Waals surface area contributed by atoms with Crippen LogP contribution >= 0.6 is 7.82 Å². The molecule has 10 heteroatoms. The Kier molecular flexibility index (Phi) is 32.8. The van der Waals surface area contributed by atoms with Gasteiger partial charge in [0.1, 0.15) is 19.8 Å². The largest absolute Gasteiger partial charge is 0.472 e. The molecular formula is C41H77NO8P+. The number of ether oxygens (including phenoxy) is 2. The number of likely N-dealkylation sites (N-methyl/N-ethyl adjacent to an activating group) is 1. The van der Waals surface area contributed by atoms with Crippen molar-refractivity contribution < 1.29 is 42.1 Å². The van der Waals surface area contributed by atoms with E-state index in [2.05, 4.69) is 50.3 Å². The molecule has 0 saturated heterocycles. The summed E-state index contributed by atoms with van der Waals surface area (Å²) in [6.07, 6.45) is 36.1. The van der Waals surface area contributed by atoms with Crippen LogP contribution in [0.25, 0.3) is 0 Å². The maximum atomic E-state index is 12.6. The van der Waals surface area contributed by atoms with Crippen molar-refractivity contribution in [1.29, 1.82) is 0 Å². The van der Waals surface area contributed by atoms with Crippen LogP contribution < -0.4 is 0 Å². The van der Waals surface area contributed by atoms with Crippen molar-refractivity contribution in [3.8, 4) is 0 Å². The lowest BCUT2D eigenvalue weighted by molar-refractivity contribution is -0.870. The second-order valence-corrected chi connectivity index (χ2v) is 16.1. The Bertz CT molecular complexity index is 975. The second kappa shape index (κ2) is 34.0. The highest BCUT2D eigenvalue weighted by atomic mass is 31.2. The Balaban J connectivity index is 4.46. The van der Waals surface area contributed by atoms with Gasteiger partial charge in [-0.1, -0.05) is 121 Å². The molecule has 0 aliphatic rings. The Morgan fingerprint density at radius 1 is 0.608 bits per heavy atom. The van der Waals surface area contributed by atoms with Crippen molar-refractivity contribution in [1.82, 2.24) is 0 Å². The van der Waals surface area contributed by atoms with E-state index in [1.165, 1.54) is 51.4 Å². The van der Waals surface area contributed by atoms with Gasteiger partial charge in [0, 0.05) is 12.8 Å². The number of carbonyl (C=O) groups is 2. The third-order valence-electron chi connectivity index (χ3n) is 8.42. The molecule has 1 unspecified atom stereocenters. The van der Waals surface area contributed by atoms with Gasteiger partial charge in [-0.3, -0.25) is 18.6 Å². The third-order valence-corrected chi connectivity index (χ3v) is 9.40. The van der Waals surface area contributed by atoms with Crippen molar-refractivity contribution in [2.45, 2.75) is 168 Å². The lowest BCUT2D eigenvalue weighted by atomic mass is 10.1. The molecule has 0 bridgehead atoms. The number of quaternary nitrogens is 1. The minimum absolute atomic E-state index is 0.0268. The maximum Gasteiger partial charge on any atom is 0.472 e. The molecule has 2 atom stereocenters. The van der Waals surface area contributed by atoms with E-state index >= 15 is 0 Å². The van der Waals surface area contributed by atoms with Crippen LogP contribution in [0.1, 0.15) is 162 Å². The molecule has 1 N–H and O–H groups in total. The van der Waals surface area contributed by atoms with E-state index in [1.807, 2.05) is 21.1 Å². The molecular weight excluding hydrogens is 665 g/mol. The van der Waals surface area contributed by atoms with E-state index in [-0.39, 0.29) is 32.0 Å². The van der Waals surface area contributed by atoms with Gasteiger partial charge in [-0.25, -0.2) is 4.57 Å². The zero-order chi connectivity index (χ0) is 37.9. The molecule has 0 radical (unpaired) electrons. The number of phosphoric acid groups is 1. The molecule has 9 nitrogen and oxygen atoms in total. The lowest BCUT2D eigenvalue weighted by Crippen LogP contribution is -2.37. The van der Waals surface area contributed by atoms with Crippen LogP contribution in [0.5, 0.6) is 0 Å². The standard InChI is InChI=1S/C41H76NO8P/c1-6-8-10-12-14-16-18-20-21-22-24-26-28-30-32-34-41(44)50-39(38-49-51(45,46)48-36-35-42(3,4)5)37-47-40(43)33-31-29-27-25-23-19-17-15-13-11-9-7-2/h15-18,20-21,39H,6-14,19,22-38H2,1-5H3/p+1/b17-15+,18-16+,21-20+/t39-/m1/s1. The molecule has 0 aromatic rings. The summed E-state index contributed by atoms with van der Waals surface area (Å²) in [6.45, 7) is 4.33. The first-order valence-electron chi connectivity index (χ1n) is 20.2. The molecule has 0 saturated carbocycles. The minimum Gasteiger partial charge on any atom is -0.462 e. The van der Waals surface area contributed by atoms with Crippen LogP contribution in [0, 0.1) is 0 Å². The third kappa shape index (κ3) is 37.8. The van der Waals surface area contributed by atoms with Gasteiger partial charge in [0.05, 0.1) is 27.7 Å². The fraction of sp³-hybridized carbons (Fsp3) is 0.805. The first kappa shape index (κ1) is 49.2. The number of unbranched alkanes of at least 4 members (excludes halogenated alkanes) is 17. The monoisotopic (exact) mass is 743 g/mol. The quantitative estimate of drug-likeness (QED) is 0.0169. The van der Waals surface area contributed by atoms with E-state index < -0.39 is 26.5 Å². The van der Waals surface area contributed by atoms with E-state index in [0.29, 0.717) is 17.4 Å². The smallest absolute Gasteiger partial charge is 0.462 e. The number of hydrogen-bond acceptors (Lipinski definition) is 7. The van der Waals surface area contributed by atoms with Crippen LogP contribution in [0.4, 0.5) is 0 Å². The summed E-state index contributed by atoms with van der Waals surface area (Å²) in [5.41, 5.74) is 0. The van der Waals surface area contributed by atoms with Gasteiger partial charge in [-0.05, 0) is 64.2 Å². The van der Waals surface area contributed by atoms with Crippen molar-refractivity contribution in [3.63, 3.8) is 0 Å². The SMILES string of the molecule is CCCCC/C=C/CCCCCCCC(=O)OC[C@H](COP(=O)(O)OCC[N+](C)(C)C)OC(=O)CCCCCCC/C=C/C=C/CCCCCC. The fourth-order valence-electron chi connectivity index (χ4n) is 5.17. The zero-order valence-corrected chi connectivity index (χ0v) is 34.2. The van der Waals surface area contributed by atoms with E-state index in [4.69, 9.17) is 18.5 Å². The summed E-state index contributed by atoms with van der Waals surface area (Å²) in [7, 11) is 1.46. The summed E-state index contributed by atoms with van der Waals surface area (Å²) >= 11 is 0. The Labute approximate surface area is 312 Å². The summed E-state index contributed by atoms with van der Waals surface area (Å²) < 4.78 is 34.2. The molecule has 0 aliphatic heterocycles. The molecule has 298 valence electrons. The van der Waals surface area contributed by atoms with Gasteiger partial charge in [-0.15, -0.1) is 0 Å². The first-order chi connectivity index (χ1) is 24.5. The van der Waals surface area contributed by atoms with E-state index in [1.54, 1.807) is 0 Å². The molecule has 0 amide bonds. The predicted octanol–water partition coefficient (Wildman–Crippen LogP) is 11.0. The van der Waals surface area contributed by atoms with Crippen molar-refractivity contribution >= 4 is 19.8 Å². The van der Waals surface area contributed by atoms with Crippen molar-refractivity contribution in [3.05, 3.63) is 36.5 Å². The van der Waals surface area contributed by atoms with Gasteiger partial charge in [0.2, 0.25) is 0 Å². The minimum atomic E-state index is -4.37. The number of allylic oxidation sites excluding steroid dienone is 6. The number of rotatable bonds is 36. The molecule has 51 heavy (non-hydrogen) atoms. The normalized spacial score (nSPS) is 14.1. The van der Waals surface area contributed by atoms with Crippen LogP contribution in [0.15, 0.2) is 36.5 Å². The average molecular weight is 743 g/mol. The van der Waals surface area contributed by atoms with Gasteiger partial charge in [-0.2, -0.15) is 0 Å². The topological polar surface area (TPSA) is 108 Å². The number of nitrogens with zero attached hydrogens (tertiary/aromatic N) is 1. The van der Waals surface area contributed by atoms with Crippen molar-refractivity contribution in [2.24, 2.45) is 0 Å². The van der Waals surface area contributed by atoms with Gasteiger partial charge < -0.3 is 18.9 Å². The number of esters is 2. The summed E-state index contributed by atoms with van der Waals surface area (Å²) in [6, 6.07) is 0. The number of hydrogen-bond donors (Lipinski definition) is 1. The molecule has 0 rings (SSSR count). The van der Waals surface area contributed by atoms with Crippen molar-refractivity contribution in [2.75, 3.05) is 47.5 Å². The predicted molar refractivity (Wildman–Crippen MR) is 210 cm³/mol. The Hall–Kier alpha value is -1.77. The van der Waals surface area contributed by atoms with Crippen LogP contribution in [-0.2, 0) is 32.7 Å². The number of carbonyl (C=O) groups excluding carboxylic acids is 2. The lowest BCUT2D eigenvalue weighted by Gasteiger charge is -2.24.